The van der Waals surface area contributed by atoms with Gasteiger partial charge in [0.05, 0.1) is 0 Å². The fraction of sp³-hybridized carbons (Fsp3) is 0.615. The fourth-order valence-corrected chi connectivity index (χ4v) is 2.37. The van der Waals surface area contributed by atoms with Gasteiger partial charge < -0.3 is 5.32 Å². The summed E-state index contributed by atoms with van der Waals surface area (Å²) in [5.74, 6) is 0.862. The molecular weight excluding hydrogens is 184 g/mol. The van der Waals surface area contributed by atoms with Crippen molar-refractivity contribution in [2.45, 2.75) is 32.6 Å². The summed E-state index contributed by atoms with van der Waals surface area (Å²) in [7, 11) is 0. The number of nitrogens with one attached hydrogen (secondary N) is 1. The molecule has 1 aliphatic rings. The Kier molecular flexibility index (Phi) is 3.73. The minimum absolute atomic E-state index is 0.862. The Bertz CT molecular complexity index is 303. The average molecular weight is 204 g/mol. The van der Waals surface area contributed by atoms with Crippen LogP contribution in [0.5, 0.6) is 0 Å². The summed E-state index contributed by atoms with van der Waals surface area (Å²) in [6, 6.07) is 4.31. The number of nitrogens with zero attached hydrogens (tertiary/aromatic N) is 1. The van der Waals surface area contributed by atoms with Crippen LogP contribution >= 0.6 is 0 Å². The molecule has 2 nitrogen and oxygen atoms in total. The summed E-state index contributed by atoms with van der Waals surface area (Å²) < 4.78 is 0. The van der Waals surface area contributed by atoms with E-state index in [-0.39, 0.29) is 0 Å². The molecular formula is C13H20N2. The van der Waals surface area contributed by atoms with Crippen LogP contribution in [0.15, 0.2) is 18.3 Å². The summed E-state index contributed by atoms with van der Waals surface area (Å²) in [5, 5.41) is 3.41. The maximum absolute atomic E-state index is 4.45. The molecule has 0 amide bonds. The second-order valence-electron chi connectivity index (χ2n) is 4.36. The van der Waals surface area contributed by atoms with Crippen molar-refractivity contribution in [3.8, 4) is 0 Å². The second-order valence-corrected chi connectivity index (χ2v) is 4.36. The normalized spacial score (nSPS) is 17.9. The zero-order chi connectivity index (χ0) is 10.5. The molecule has 2 heterocycles. The van der Waals surface area contributed by atoms with Crippen LogP contribution in [0.25, 0.3) is 0 Å². The third kappa shape index (κ3) is 2.78. The lowest BCUT2D eigenvalue weighted by atomic mass is 9.90. The maximum Gasteiger partial charge on any atom is 0.0432 e. The molecule has 1 aliphatic heterocycles. The molecule has 82 valence electrons. The molecule has 0 bridgehead atoms. The highest BCUT2D eigenvalue weighted by Crippen LogP contribution is 2.19. The molecule has 0 aliphatic carbocycles. The molecule has 0 spiro atoms. The van der Waals surface area contributed by atoms with Gasteiger partial charge in [0.1, 0.15) is 0 Å². The number of hydrogen-bond acceptors (Lipinski definition) is 2. The first-order valence-electron chi connectivity index (χ1n) is 6.03. The van der Waals surface area contributed by atoms with Gasteiger partial charge in [-0.15, -0.1) is 0 Å². The van der Waals surface area contributed by atoms with Crippen molar-refractivity contribution in [3.05, 3.63) is 29.6 Å². The highest BCUT2D eigenvalue weighted by atomic mass is 14.9. The summed E-state index contributed by atoms with van der Waals surface area (Å²) in [6.45, 7) is 4.56. The first-order chi connectivity index (χ1) is 7.40. The highest BCUT2D eigenvalue weighted by Gasteiger charge is 2.14. The standard InChI is InChI=1S/C13H20N2/c1-2-13-12(4-3-7-15-13)10-11-5-8-14-9-6-11/h3-4,7,11,14H,2,5-6,8-10H2,1H3. The molecule has 1 aromatic rings. The van der Waals surface area contributed by atoms with Crippen molar-refractivity contribution >= 4 is 0 Å². The van der Waals surface area contributed by atoms with Crippen molar-refractivity contribution in [3.63, 3.8) is 0 Å². The van der Waals surface area contributed by atoms with Crippen LogP contribution in [0.3, 0.4) is 0 Å². The first kappa shape index (κ1) is 10.6. The van der Waals surface area contributed by atoms with Gasteiger partial charge in [0.2, 0.25) is 0 Å². The zero-order valence-electron chi connectivity index (χ0n) is 9.50. The van der Waals surface area contributed by atoms with Crippen molar-refractivity contribution in [1.82, 2.24) is 10.3 Å². The number of hydrogen-bond donors (Lipinski definition) is 1. The predicted octanol–water partition coefficient (Wildman–Crippen LogP) is 2.19. The Morgan fingerprint density at radius 2 is 2.20 bits per heavy atom. The zero-order valence-corrected chi connectivity index (χ0v) is 9.50. The van der Waals surface area contributed by atoms with E-state index >= 15 is 0 Å². The topological polar surface area (TPSA) is 24.9 Å². The fourth-order valence-electron chi connectivity index (χ4n) is 2.37. The Morgan fingerprint density at radius 3 is 2.93 bits per heavy atom. The van der Waals surface area contributed by atoms with E-state index in [1.165, 1.54) is 43.6 Å². The van der Waals surface area contributed by atoms with E-state index in [4.69, 9.17) is 0 Å². The molecule has 2 heteroatoms. The molecule has 0 aromatic carbocycles. The van der Waals surface area contributed by atoms with Crippen LogP contribution in [-0.2, 0) is 12.8 Å². The van der Waals surface area contributed by atoms with Gasteiger partial charge in [0, 0.05) is 11.9 Å². The minimum atomic E-state index is 0.862. The lowest BCUT2D eigenvalue weighted by molar-refractivity contribution is 0.371. The van der Waals surface area contributed by atoms with E-state index < -0.39 is 0 Å². The van der Waals surface area contributed by atoms with Crippen molar-refractivity contribution in [2.24, 2.45) is 5.92 Å². The van der Waals surface area contributed by atoms with Crippen molar-refractivity contribution < 1.29 is 0 Å². The number of aryl methyl sites for hydroxylation is 1. The maximum atomic E-state index is 4.45. The predicted molar refractivity (Wildman–Crippen MR) is 62.9 cm³/mol. The van der Waals surface area contributed by atoms with E-state index in [0.29, 0.717) is 0 Å². The molecule has 1 fully saturated rings. The van der Waals surface area contributed by atoms with Gasteiger partial charge in [0.25, 0.3) is 0 Å². The van der Waals surface area contributed by atoms with Gasteiger partial charge in [-0.3, -0.25) is 4.98 Å². The van der Waals surface area contributed by atoms with Crippen molar-refractivity contribution in [2.75, 3.05) is 13.1 Å². The van der Waals surface area contributed by atoms with E-state index in [9.17, 15) is 0 Å². The number of pyridine rings is 1. The summed E-state index contributed by atoms with van der Waals surface area (Å²) in [6.07, 6.45) is 6.82. The molecule has 0 atom stereocenters. The van der Waals surface area contributed by atoms with E-state index in [1.54, 1.807) is 0 Å². The molecule has 1 N–H and O–H groups in total. The number of rotatable bonds is 3. The summed E-state index contributed by atoms with van der Waals surface area (Å²) in [4.78, 5) is 4.45. The molecule has 15 heavy (non-hydrogen) atoms. The monoisotopic (exact) mass is 204 g/mol. The average Bonchev–Trinajstić information content (AvgIpc) is 2.31. The van der Waals surface area contributed by atoms with Gasteiger partial charge in [0.15, 0.2) is 0 Å². The largest absolute Gasteiger partial charge is 0.317 e. The third-order valence-corrected chi connectivity index (χ3v) is 3.29. The van der Waals surface area contributed by atoms with Crippen LogP contribution in [0.1, 0.15) is 31.0 Å². The first-order valence-corrected chi connectivity index (χ1v) is 6.03. The lowest BCUT2D eigenvalue weighted by Gasteiger charge is -2.23. The second kappa shape index (κ2) is 5.26. The Hall–Kier alpha value is -0.890. The van der Waals surface area contributed by atoms with Crippen LogP contribution in [0, 0.1) is 5.92 Å². The van der Waals surface area contributed by atoms with E-state index in [0.717, 1.165) is 12.3 Å². The molecule has 0 unspecified atom stereocenters. The molecule has 0 saturated carbocycles. The third-order valence-electron chi connectivity index (χ3n) is 3.29. The minimum Gasteiger partial charge on any atom is -0.317 e. The van der Waals surface area contributed by atoms with E-state index in [2.05, 4.69) is 29.4 Å². The molecule has 1 saturated heterocycles. The smallest absolute Gasteiger partial charge is 0.0432 e. The van der Waals surface area contributed by atoms with Crippen LogP contribution in [0.4, 0.5) is 0 Å². The quantitative estimate of drug-likeness (QED) is 0.816. The number of aromatic nitrogens is 1. The van der Waals surface area contributed by atoms with Gasteiger partial charge in [-0.1, -0.05) is 13.0 Å². The van der Waals surface area contributed by atoms with Gasteiger partial charge >= 0.3 is 0 Å². The van der Waals surface area contributed by atoms with Gasteiger partial charge in [-0.05, 0) is 56.3 Å². The molecule has 2 rings (SSSR count). The molecule has 0 radical (unpaired) electrons. The van der Waals surface area contributed by atoms with Crippen LogP contribution in [-0.4, -0.2) is 18.1 Å². The summed E-state index contributed by atoms with van der Waals surface area (Å²) >= 11 is 0. The number of piperidine rings is 1. The molecule has 1 aromatic heterocycles. The Morgan fingerprint density at radius 1 is 1.40 bits per heavy atom. The lowest BCUT2D eigenvalue weighted by Crippen LogP contribution is -2.28. The van der Waals surface area contributed by atoms with Crippen molar-refractivity contribution in [1.29, 1.82) is 0 Å². The summed E-state index contributed by atoms with van der Waals surface area (Å²) in [5.41, 5.74) is 2.75. The van der Waals surface area contributed by atoms with Gasteiger partial charge in [-0.25, -0.2) is 0 Å². The van der Waals surface area contributed by atoms with Gasteiger partial charge in [-0.2, -0.15) is 0 Å². The Labute approximate surface area is 92.1 Å². The van der Waals surface area contributed by atoms with Crippen LogP contribution < -0.4 is 5.32 Å². The Balaban J connectivity index is 2.02. The SMILES string of the molecule is CCc1ncccc1CC1CCNCC1. The van der Waals surface area contributed by atoms with Crippen LogP contribution in [0.2, 0.25) is 0 Å². The highest BCUT2D eigenvalue weighted by molar-refractivity contribution is 5.20. The van der Waals surface area contributed by atoms with E-state index in [1.807, 2.05) is 6.20 Å².